The lowest BCUT2D eigenvalue weighted by Gasteiger charge is -2.39. The molecule has 198 valence electrons. The van der Waals surface area contributed by atoms with E-state index in [1.165, 1.54) is 0 Å². The van der Waals surface area contributed by atoms with Gasteiger partial charge in [0.05, 0.1) is 19.1 Å². The number of nitrogens with zero attached hydrogens (tertiary/aromatic N) is 1. The lowest BCUT2D eigenvalue weighted by molar-refractivity contribution is -0.128. The van der Waals surface area contributed by atoms with Gasteiger partial charge in [0.1, 0.15) is 17.2 Å². The van der Waals surface area contributed by atoms with Crippen LogP contribution in [0.1, 0.15) is 49.2 Å². The zero-order valence-electron chi connectivity index (χ0n) is 22.8. The minimum atomic E-state index is -1.30. The van der Waals surface area contributed by atoms with Crippen LogP contribution in [-0.2, 0) is 15.0 Å². The average Bonchev–Trinajstić information content (AvgIpc) is 3.40. The summed E-state index contributed by atoms with van der Waals surface area (Å²) in [5, 5.41) is 3.08. The van der Waals surface area contributed by atoms with Crippen molar-refractivity contribution in [3.8, 4) is 5.75 Å². The van der Waals surface area contributed by atoms with Crippen molar-refractivity contribution in [2.45, 2.75) is 45.2 Å². The van der Waals surface area contributed by atoms with Crippen LogP contribution in [0.25, 0.3) is 5.57 Å². The summed E-state index contributed by atoms with van der Waals surface area (Å²) in [5.74, 6) is -0.884. The average molecular weight is 521 g/mol. The van der Waals surface area contributed by atoms with Crippen molar-refractivity contribution in [2.75, 3.05) is 17.3 Å². The van der Waals surface area contributed by atoms with E-state index in [0.717, 1.165) is 22.4 Å². The largest absolute Gasteiger partial charge is 0.497 e. The van der Waals surface area contributed by atoms with Gasteiger partial charge in [0.15, 0.2) is 11.6 Å². The number of para-hydroxylation sites is 2. The van der Waals surface area contributed by atoms with Crippen LogP contribution in [0.15, 0.2) is 78.9 Å². The molecule has 6 nitrogen and oxygen atoms in total. The van der Waals surface area contributed by atoms with Crippen LogP contribution in [0.3, 0.4) is 0 Å². The van der Waals surface area contributed by atoms with Gasteiger partial charge >= 0.3 is 0 Å². The third-order valence-corrected chi connectivity index (χ3v) is 8.55. The number of Topliss-reactive ketones (excluding diaryl/α,β-unsaturated/α-hetero) is 2. The molecule has 1 N–H and O–H groups in total. The first-order valence-electron chi connectivity index (χ1n) is 13.3. The molecule has 0 aliphatic carbocycles. The van der Waals surface area contributed by atoms with E-state index in [9.17, 15) is 14.4 Å². The molecule has 1 saturated heterocycles. The van der Waals surface area contributed by atoms with Crippen molar-refractivity contribution >= 4 is 34.4 Å². The number of ether oxygens (including phenoxy) is 1. The minimum Gasteiger partial charge on any atom is -0.497 e. The van der Waals surface area contributed by atoms with Crippen LogP contribution >= 0.6 is 0 Å². The van der Waals surface area contributed by atoms with E-state index in [1.807, 2.05) is 76.2 Å². The van der Waals surface area contributed by atoms with Crippen molar-refractivity contribution in [3.63, 3.8) is 0 Å². The second-order valence-corrected chi connectivity index (χ2v) is 11.7. The van der Waals surface area contributed by atoms with Crippen LogP contribution in [0.5, 0.6) is 5.75 Å². The number of carbonyl (C=O) groups is 3. The van der Waals surface area contributed by atoms with E-state index in [4.69, 9.17) is 4.74 Å². The number of ketones is 2. The summed E-state index contributed by atoms with van der Waals surface area (Å²) in [6.45, 7) is 7.67. The summed E-state index contributed by atoms with van der Waals surface area (Å²) in [4.78, 5) is 45.6. The lowest BCUT2D eigenvalue weighted by atomic mass is 9.63. The SMILES string of the molecule is COc1ccc(C(=O)C2C(C(=O)C(C)(C)C)N3c4ccccc4C(C)=CC3C23C(=O)Nc2ccccc23)cc1. The molecule has 3 aliphatic rings. The number of benzene rings is 3. The van der Waals surface area contributed by atoms with Gasteiger partial charge in [-0.1, -0.05) is 63.2 Å². The molecule has 3 heterocycles. The van der Waals surface area contributed by atoms with Crippen molar-refractivity contribution in [1.82, 2.24) is 0 Å². The Bertz CT molecular complexity index is 1550. The molecule has 0 saturated carbocycles. The number of carbonyl (C=O) groups excluding carboxylic acids is 3. The normalized spacial score (nSPS) is 24.9. The smallest absolute Gasteiger partial charge is 0.238 e. The van der Waals surface area contributed by atoms with E-state index < -0.39 is 28.8 Å². The maximum atomic E-state index is 14.7. The first-order valence-corrected chi connectivity index (χ1v) is 13.3. The number of allylic oxidation sites excluding steroid dienone is 1. The number of rotatable bonds is 4. The Kier molecular flexibility index (Phi) is 5.58. The molecule has 0 radical (unpaired) electrons. The molecule has 0 aromatic heterocycles. The number of hydrogen-bond donors (Lipinski definition) is 1. The molecule has 39 heavy (non-hydrogen) atoms. The van der Waals surface area contributed by atoms with Gasteiger partial charge in [-0.3, -0.25) is 14.4 Å². The summed E-state index contributed by atoms with van der Waals surface area (Å²) >= 11 is 0. The van der Waals surface area contributed by atoms with Crippen molar-refractivity contribution in [1.29, 1.82) is 0 Å². The van der Waals surface area contributed by atoms with Gasteiger partial charge in [-0.05, 0) is 54.5 Å². The van der Waals surface area contributed by atoms with E-state index in [2.05, 4.69) is 16.3 Å². The van der Waals surface area contributed by atoms with Crippen LogP contribution in [0.2, 0.25) is 0 Å². The second kappa shape index (κ2) is 8.67. The molecule has 3 aromatic rings. The fourth-order valence-electron chi connectivity index (χ4n) is 6.77. The van der Waals surface area contributed by atoms with Gasteiger partial charge in [0.25, 0.3) is 0 Å². The Hall–Kier alpha value is -4.19. The predicted molar refractivity (Wildman–Crippen MR) is 152 cm³/mol. The van der Waals surface area contributed by atoms with Crippen LogP contribution in [-0.4, -0.2) is 36.7 Å². The van der Waals surface area contributed by atoms with Crippen molar-refractivity contribution in [2.24, 2.45) is 11.3 Å². The molecule has 6 rings (SSSR count). The van der Waals surface area contributed by atoms with Crippen LogP contribution in [0, 0.1) is 11.3 Å². The summed E-state index contributed by atoms with van der Waals surface area (Å²) < 4.78 is 5.32. The molecule has 3 aromatic carbocycles. The van der Waals surface area contributed by atoms with Crippen LogP contribution < -0.4 is 15.0 Å². The Morgan fingerprint density at radius 1 is 0.949 bits per heavy atom. The molecule has 4 atom stereocenters. The van der Waals surface area contributed by atoms with Gasteiger partial charge < -0.3 is 15.0 Å². The molecule has 1 amide bonds. The monoisotopic (exact) mass is 520 g/mol. The van der Waals surface area contributed by atoms with Gasteiger partial charge in [-0.2, -0.15) is 0 Å². The van der Waals surface area contributed by atoms with E-state index in [0.29, 0.717) is 17.0 Å². The number of hydrogen-bond acceptors (Lipinski definition) is 5. The standard InChI is InChI=1S/C33H32N2O4/c1-19-18-26-33(23-11-7-8-12-24(23)34-31(33)38)27(29(36)20-14-16-21(39-5)17-15-20)28(30(37)32(2,3)4)35(26)25-13-9-6-10-22(19)25/h6-18,26-28H,1-5H3,(H,34,38). The second-order valence-electron chi connectivity index (χ2n) is 11.7. The van der Waals surface area contributed by atoms with Gasteiger partial charge in [0, 0.05) is 27.9 Å². The maximum absolute atomic E-state index is 14.7. The molecule has 6 heteroatoms. The molecule has 0 bridgehead atoms. The Morgan fingerprint density at radius 2 is 1.62 bits per heavy atom. The highest BCUT2D eigenvalue weighted by Gasteiger charge is 2.71. The molecule has 1 fully saturated rings. The predicted octanol–water partition coefficient (Wildman–Crippen LogP) is 5.67. The van der Waals surface area contributed by atoms with Gasteiger partial charge in [0.2, 0.25) is 5.91 Å². The first kappa shape index (κ1) is 25.1. The first-order chi connectivity index (χ1) is 18.6. The molecule has 1 spiro atoms. The number of anilines is 2. The lowest BCUT2D eigenvalue weighted by Crippen LogP contribution is -2.51. The minimum absolute atomic E-state index is 0.0730. The summed E-state index contributed by atoms with van der Waals surface area (Å²) in [6.07, 6.45) is 2.08. The Morgan fingerprint density at radius 3 is 2.31 bits per heavy atom. The van der Waals surface area contributed by atoms with Crippen molar-refractivity contribution in [3.05, 3.63) is 95.6 Å². The molecule has 3 aliphatic heterocycles. The molecule has 4 unspecified atom stereocenters. The third kappa shape index (κ3) is 3.43. The van der Waals surface area contributed by atoms with E-state index in [-0.39, 0.29) is 17.5 Å². The molecular weight excluding hydrogens is 488 g/mol. The quantitative estimate of drug-likeness (QED) is 0.449. The fourth-order valence-corrected chi connectivity index (χ4v) is 6.77. The van der Waals surface area contributed by atoms with Gasteiger partial charge in [-0.25, -0.2) is 0 Å². The highest BCUT2D eigenvalue weighted by Crippen LogP contribution is 2.59. The highest BCUT2D eigenvalue weighted by atomic mass is 16.5. The Labute approximate surface area is 228 Å². The molecular formula is C33H32N2O4. The van der Waals surface area contributed by atoms with Crippen LogP contribution in [0.4, 0.5) is 11.4 Å². The number of nitrogens with one attached hydrogen (secondary N) is 1. The van der Waals surface area contributed by atoms with Crippen molar-refractivity contribution < 1.29 is 19.1 Å². The fraction of sp³-hybridized carbons (Fsp3) is 0.303. The van der Waals surface area contributed by atoms with Gasteiger partial charge in [-0.15, -0.1) is 0 Å². The van der Waals surface area contributed by atoms with E-state index >= 15 is 0 Å². The zero-order valence-corrected chi connectivity index (χ0v) is 22.8. The Balaban J connectivity index is 1.68. The zero-order chi connectivity index (χ0) is 27.7. The summed E-state index contributed by atoms with van der Waals surface area (Å²) in [5.41, 5.74) is 2.72. The number of amides is 1. The third-order valence-electron chi connectivity index (χ3n) is 8.55. The number of methoxy groups -OCH3 is 1. The van der Waals surface area contributed by atoms with E-state index in [1.54, 1.807) is 31.4 Å². The topological polar surface area (TPSA) is 75.7 Å². The summed E-state index contributed by atoms with van der Waals surface area (Å²) in [7, 11) is 1.57. The maximum Gasteiger partial charge on any atom is 0.238 e. The summed E-state index contributed by atoms with van der Waals surface area (Å²) in [6, 6.07) is 21.0. The highest BCUT2D eigenvalue weighted by molar-refractivity contribution is 6.17. The number of fused-ring (bicyclic) bond motifs is 6.